The van der Waals surface area contributed by atoms with E-state index in [1.807, 2.05) is 13.8 Å². The first-order valence-corrected chi connectivity index (χ1v) is 6.79. The van der Waals surface area contributed by atoms with E-state index in [1.54, 1.807) is 0 Å². The summed E-state index contributed by atoms with van der Waals surface area (Å²) in [7, 11) is 0. The highest BCUT2D eigenvalue weighted by molar-refractivity contribution is 6.31. The van der Waals surface area contributed by atoms with Gasteiger partial charge in [-0.3, -0.25) is 0 Å². The highest BCUT2D eigenvalue weighted by Crippen LogP contribution is 2.28. The molecule has 0 amide bonds. The second-order valence-corrected chi connectivity index (χ2v) is 5.23. The number of hydrogen-bond acceptors (Lipinski definition) is 4. The molecule has 2 unspecified atom stereocenters. The normalized spacial score (nSPS) is 24.4. The predicted molar refractivity (Wildman–Crippen MR) is 73.4 cm³/mol. The fourth-order valence-electron chi connectivity index (χ4n) is 2.19. The third kappa shape index (κ3) is 2.59. The van der Waals surface area contributed by atoms with Crippen LogP contribution in [0.3, 0.4) is 0 Å². The number of halogens is 1. The van der Waals surface area contributed by atoms with Crippen LogP contribution >= 0.6 is 11.6 Å². The van der Waals surface area contributed by atoms with E-state index < -0.39 is 0 Å². The zero-order valence-electron chi connectivity index (χ0n) is 11.4. The summed E-state index contributed by atoms with van der Waals surface area (Å²) < 4.78 is 5.69. The number of ether oxygens (including phenoxy) is 1. The fraction of sp³-hybridized carbons (Fsp3) is 0.692. The number of morpholine rings is 1. The predicted octanol–water partition coefficient (Wildman–Crippen LogP) is 2.75. The largest absolute Gasteiger partial charge is 0.375 e. The average molecular weight is 270 g/mol. The minimum atomic E-state index is 0.201. The van der Waals surface area contributed by atoms with Gasteiger partial charge in [-0.1, -0.05) is 18.5 Å². The fourth-order valence-corrected chi connectivity index (χ4v) is 2.47. The molecular formula is C13H20ClN3O. The molecule has 2 rings (SSSR count). The van der Waals surface area contributed by atoms with Gasteiger partial charge in [0.25, 0.3) is 0 Å². The van der Waals surface area contributed by atoms with Crippen molar-refractivity contribution in [2.24, 2.45) is 0 Å². The Bertz CT molecular complexity index is 438. The number of anilines is 1. The molecule has 0 spiro atoms. The Morgan fingerprint density at radius 1 is 1.33 bits per heavy atom. The van der Waals surface area contributed by atoms with Crippen LogP contribution in [-0.4, -0.2) is 35.3 Å². The highest BCUT2D eigenvalue weighted by Gasteiger charge is 2.28. The Hall–Kier alpha value is -0.870. The summed E-state index contributed by atoms with van der Waals surface area (Å²) >= 11 is 6.25. The van der Waals surface area contributed by atoms with Crippen LogP contribution < -0.4 is 4.90 Å². The lowest BCUT2D eigenvalue weighted by Crippen LogP contribution is -2.49. The van der Waals surface area contributed by atoms with E-state index in [4.69, 9.17) is 16.3 Å². The summed E-state index contributed by atoms with van der Waals surface area (Å²) in [6, 6.07) is 0.329. The standard InChI is InChI=1S/C13H20ClN3O/c1-5-11-7-18-8(2)6-17(11)13-12(14)15-9(3)10(4)16-13/h8,11H,5-7H2,1-4H3. The first kappa shape index (κ1) is 13.6. The molecule has 2 atom stereocenters. The van der Waals surface area contributed by atoms with Crippen LogP contribution in [0.2, 0.25) is 5.15 Å². The van der Waals surface area contributed by atoms with Gasteiger partial charge in [0.15, 0.2) is 11.0 Å². The van der Waals surface area contributed by atoms with Crippen molar-refractivity contribution in [1.82, 2.24) is 9.97 Å². The van der Waals surface area contributed by atoms with Gasteiger partial charge in [-0.15, -0.1) is 0 Å². The van der Waals surface area contributed by atoms with E-state index in [2.05, 4.69) is 28.7 Å². The smallest absolute Gasteiger partial charge is 0.171 e. The van der Waals surface area contributed by atoms with Crippen LogP contribution in [0.4, 0.5) is 5.82 Å². The molecule has 1 aliphatic rings. The Labute approximate surface area is 113 Å². The Balaban J connectivity index is 2.36. The van der Waals surface area contributed by atoms with Crippen LogP contribution in [0.1, 0.15) is 31.7 Å². The third-order valence-corrected chi connectivity index (χ3v) is 3.71. The number of aromatic nitrogens is 2. The number of rotatable bonds is 2. The monoisotopic (exact) mass is 269 g/mol. The van der Waals surface area contributed by atoms with Gasteiger partial charge in [0.1, 0.15) is 0 Å². The molecule has 18 heavy (non-hydrogen) atoms. The van der Waals surface area contributed by atoms with Crippen molar-refractivity contribution in [3.05, 3.63) is 16.5 Å². The SMILES string of the molecule is CCC1COC(C)CN1c1nc(C)c(C)nc1Cl. The van der Waals surface area contributed by atoms with Crippen molar-refractivity contribution in [1.29, 1.82) is 0 Å². The molecule has 4 nitrogen and oxygen atoms in total. The number of nitrogens with zero attached hydrogens (tertiary/aromatic N) is 3. The molecule has 0 radical (unpaired) electrons. The molecule has 0 N–H and O–H groups in total. The molecule has 5 heteroatoms. The summed E-state index contributed by atoms with van der Waals surface area (Å²) in [6.07, 6.45) is 1.21. The molecule has 1 saturated heterocycles. The van der Waals surface area contributed by atoms with Crippen LogP contribution in [0, 0.1) is 13.8 Å². The van der Waals surface area contributed by atoms with Gasteiger partial charge < -0.3 is 9.64 Å². The molecular weight excluding hydrogens is 250 g/mol. The zero-order chi connectivity index (χ0) is 13.3. The van der Waals surface area contributed by atoms with E-state index >= 15 is 0 Å². The van der Waals surface area contributed by atoms with Gasteiger partial charge in [0.05, 0.1) is 30.1 Å². The molecule has 1 fully saturated rings. The second-order valence-electron chi connectivity index (χ2n) is 4.87. The van der Waals surface area contributed by atoms with Gasteiger partial charge in [-0.2, -0.15) is 0 Å². The third-order valence-electron chi connectivity index (χ3n) is 3.46. The quantitative estimate of drug-likeness (QED) is 0.828. The summed E-state index contributed by atoms with van der Waals surface area (Å²) in [5, 5.41) is 0.491. The first-order chi connectivity index (χ1) is 8.52. The Morgan fingerprint density at radius 2 is 2.00 bits per heavy atom. The van der Waals surface area contributed by atoms with Crippen molar-refractivity contribution in [2.45, 2.75) is 46.3 Å². The molecule has 0 saturated carbocycles. The van der Waals surface area contributed by atoms with E-state index in [0.29, 0.717) is 11.2 Å². The molecule has 1 aromatic heterocycles. The molecule has 1 aromatic rings. The van der Waals surface area contributed by atoms with Crippen LogP contribution in [-0.2, 0) is 4.74 Å². The van der Waals surface area contributed by atoms with Crippen LogP contribution in [0.25, 0.3) is 0 Å². The molecule has 0 bridgehead atoms. The Kier molecular flexibility index (Phi) is 4.07. The molecule has 0 aliphatic carbocycles. The number of aryl methyl sites for hydroxylation is 2. The summed E-state index contributed by atoms with van der Waals surface area (Å²) in [5.74, 6) is 0.793. The van der Waals surface area contributed by atoms with E-state index in [-0.39, 0.29) is 6.10 Å². The molecule has 100 valence electrons. The lowest BCUT2D eigenvalue weighted by atomic mass is 10.1. The van der Waals surface area contributed by atoms with Crippen molar-refractivity contribution in [3.63, 3.8) is 0 Å². The van der Waals surface area contributed by atoms with E-state index in [9.17, 15) is 0 Å². The first-order valence-electron chi connectivity index (χ1n) is 6.42. The lowest BCUT2D eigenvalue weighted by Gasteiger charge is -2.39. The maximum absolute atomic E-state index is 6.25. The van der Waals surface area contributed by atoms with E-state index in [0.717, 1.165) is 36.8 Å². The maximum Gasteiger partial charge on any atom is 0.171 e. The Morgan fingerprint density at radius 3 is 2.67 bits per heavy atom. The molecule has 0 aromatic carbocycles. The molecule has 2 heterocycles. The minimum Gasteiger partial charge on any atom is -0.375 e. The van der Waals surface area contributed by atoms with Gasteiger partial charge in [0.2, 0.25) is 0 Å². The summed E-state index contributed by atoms with van der Waals surface area (Å²) in [5.41, 5.74) is 1.82. The zero-order valence-corrected chi connectivity index (χ0v) is 12.2. The lowest BCUT2D eigenvalue weighted by molar-refractivity contribution is 0.0296. The van der Waals surface area contributed by atoms with Gasteiger partial charge in [-0.25, -0.2) is 9.97 Å². The van der Waals surface area contributed by atoms with Crippen LogP contribution in [0.5, 0.6) is 0 Å². The van der Waals surface area contributed by atoms with Crippen molar-refractivity contribution < 1.29 is 4.74 Å². The molecule has 1 aliphatic heterocycles. The van der Waals surface area contributed by atoms with Crippen molar-refractivity contribution in [2.75, 3.05) is 18.1 Å². The van der Waals surface area contributed by atoms with Gasteiger partial charge in [0, 0.05) is 6.54 Å². The second kappa shape index (κ2) is 5.41. The van der Waals surface area contributed by atoms with E-state index in [1.165, 1.54) is 0 Å². The van der Waals surface area contributed by atoms with Crippen LogP contribution in [0.15, 0.2) is 0 Å². The van der Waals surface area contributed by atoms with Crippen molar-refractivity contribution >= 4 is 17.4 Å². The average Bonchev–Trinajstić information content (AvgIpc) is 2.34. The summed E-state index contributed by atoms with van der Waals surface area (Å²) in [4.78, 5) is 11.2. The minimum absolute atomic E-state index is 0.201. The summed E-state index contributed by atoms with van der Waals surface area (Å²) in [6.45, 7) is 9.66. The topological polar surface area (TPSA) is 38.2 Å². The van der Waals surface area contributed by atoms with Gasteiger partial charge >= 0.3 is 0 Å². The maximum atomic E-state index is 6.25. The van der Waals surface area contributed by atoms with Crippen molar-refractivity contribution in [3.8, 4) is 0 Å². The highest BCUT2D eigenvalue weighted by atomic mass is 35.5. The number of hydrogen-bond donors (Lipinski definition) is 0. The van der Waals surface area contributed by atoms with Gasteiger partial charge in [-0.05, 0) is 27.2 Å².